The molecule has 0 aliphatic carbocycles. The molecule has 24 heavy (non-hydrogen) atoms. The van der Waals surface area contributed by atoms with Gasteiger partial charge in [-0.25, -0.2) is 4.89 Å². The number of hydrogen-bond acceptors (Lipinski definition) is 4. The van der Waals surface area contributed by atoms with Crippen LogP contribution in [-0.2, 0) is 9.68 Å². The zero-order valence-corrected chi connectivity index (χ0v) is 15.0. The van der Waals surface area contributed by atoms with Gasteiger partial charge in [0.1, 0.15) is 6.10 Å². The Balaban J connectivity index is 3.57. The fraction of sp³-hybridized carbons (Fsp3) is 0.650. The van der Waals surface area contributed by atoms with Crippen molar-refractivity contribution < 1.29 is 20.0 Å². The number of carboxylic acids is 1. The van der Waals surface area contributed by atoms with Crippen molar-refractivity contribution in [3.63, 3.8) is 0 Å². The summed E-state index contributed by atoms with van der Waals surface area (Å²) in [5, 5.41) is 19.1. The van der Waals surface area contributed by atoms with Crippen molar-refractivity contribution >= 4 is 5.97 Å². The van der Waals surface area contributed by atoms with Crippen LogP contribution >= 0.6 is 0 Å². The minimum Gasteiger partial charge on any atom is -0.550 e. The molecule has 0 fully saturated rings. The first-order chi connectivity index (χ1) is 11.7. The molecule has 0 aromatic rings. The first-order valence-electron chi connectivity index (χ1n) is 9.17. The van der Waals surface area contributed by atoms with E-state index in [1.807, 2.05) is 12.2 Å². The molecule has 0 aromatic heterocycles. The normalized spacial score (nSPS) is 13.4. The van der Waals surface area contributed by atoms with E-state index in [1.54, 1.807) is 0 Å². The van der Waals surface area contributed by atoms with E-state index in [0.717, 1.165) is 57.8 Å². The van der Waals surface area contributed by atoms with Crippen LogP contribution in [0.25, 0.3) is 0 Å². The molecule has 0 saturated heterocycles. The van der Waals surface area contributed by atoms with Crippen LogP contribution in [0.5, 0.6) is 0 Å². The number of carbonyl (C=O) groups excluding carboxylic acids is 1. The topological polar surface area (TPSA) is 69.6 Å². The van der Waals surface area contributed by atoms with Crippen molar-refractivity contribution in [3.8, 4) is 0 Å². The molecule has 0 aliphatic heterocycles. The van der Waals surface area contributed by atoms with E-state index >= 15 is 0 Å². The fourth-order valence-electron chi connectivity index (χ4n) is 2.31. The molecule has 1 atom stereocenters. The van der Waals surface area contributed by atoms with Gasteiger partial charge in [0.05, 0.1) is 0 Å². The standard InChI is InChI=1S/C20H34O4/c1-2-3-4-5-10-13-16-19(24-23)17-14-11-8-6-7-9-12-15-18-20(21)22/h3-4,10,13-14,17,19,23H,2,5-9,11-12,15-16,18H2,1H3,(H,21,22)/p-1/b4-3-,13-10-,17-14+. The van der Waals surface area contributed by atoms with Crippen LogP contribution in [-0.4, -0.2) is 17.3 Å². The molecule has 0 radical (unpaired) electrons. The number of allylic oxidation sites excluding steroid dienone is 4. The second-order valence-electron chi connectivity index (χ2n) is 5.93. The summed E-state index contributed by atoms with van der Waals surface area (Å²) >= 11 is 0. The predicted octanol–water partition coefficient (Wildman–Crippen LogP) is 4.57. The summed E-state index contributed by atoms with van der Waals surface area (Å²) in [6, 6.07) is 0. The van der Waals surface area contributed by atoms with Gasteiger partial charge in [0.25, 0.3) is 0 Å². The largest absolute Gasteiger partial charge is 0.550 e. The summed E-state index contributed by atoms with van der Waals surface area (Å²) in [6.07, 6.45) is 22.0. The van der Waals surface area contributed by atoms with Crippen LogP contribution < -0.4 is 5.11 Å². The second kappa shape index (κ2) is 18.0. The smallest absolute Gasteiger partial charge is 0.114 e. The number of unbranched alkanes of at least 4 members (excludes halogenated alkanes) is 6. The number of carboxylic acid groups (broad SMARTS) is 1. The highest BCUT2D eigenvalue weighted by atomic mass is 17.1. The summed E-state index contributed by atoms with van der Waals surface area (Å²) in [7, 11) is 0. The molecule has 4 heteroatoms. The van der Waals surface area contributed by atoms with Gasteiger partial charge in [-0.3, -0.25) is 5.26 Å². The number of carbonyl (C=O) groups is 1. The van der Waals surface area contributed by atoms with Gasteiger partial charge in [-0.2, -0.15) is 0 Å². The first-order valence-corrected chi connectivity index (χ1v) is 9.17. The zero-order chi connectivity index (χ0) is 17.9. The second-order valence-corrected chi connectivity index (χ2v) is 5.93. The van der Waals surface area contributed by atoms with E-state index in [9.17, 15) is 9.90 Å². The summed E-state index contributed by atoms with van der Waals surface area (Å²) in [5.41, 5.74) is 0. The van der Waals surface area contributed by atoms with Crippen LogP contribution in [0.1, 0.15) is 77.6 Å². The summed E-state index contributed by atoms with van der Waals surface area (Å²) in [5.74, 6) is -0.951. The molecule has 0 saturated carbocycles. The van der Waals surface area contributed by atoms with E-state index in [2.05, 4.69) is 36.1 Å². The van der Waals surface area contributed by atoms with E-state index in [-0.39, 0.29) is 12.5 Å². The molecule has 0 heterocycles. The van der Waals surface area contributed by atoms with Crippen LogP contribution in [0.3, 0.4) is 0 Å². The fourth-order valence-corrected chi connectivity index (χ4v) is 2.31. The third-order valence-corrected chi connectivity index (χ3v) is 3.70. The third kappa shape index (κ3) is 17.0. The Labute approximate surface area is 146 Å². The lowest BCUT2D eigenvalue weighted by atomic mass is 10.1. The maximum atomic E-state index is 10.3. The molecule has 0 spiro atoms. The van der Waals surface area contributed by atoms with Crippen LogP contribution in [0.4, 0.5) is 0 Å². The Morgan fingerprint density at radius 1 is 1.00 bits per heavy atom. The maximum absolute atomic E-state index is 10.3. The average Bonchev–Trinajstić information content (AvgIpc) is 2.57. The Morgan fingerprint density at radius 2 is 1.67 bits per heavy atom. The van der Waals surface area contributed by atoms with Crippen molar-refractivity contribution in [2.45, 2.75) is 83.7 Å². The summed E-state index contributed by atoms with van der Waals surface area (Å²) in [6.45, 7) is 2.11. The van der Waals surface area contributed by atoms with Gasteiger partial charge in [-0.05, 0) is 44.9 Å². The highest BCUT2D eigenvalue weighted by Gasteiger charge is 2.00. The molecule has 0 bridgehead atoms. The minimum atomic E-state index is -0.951. The van der Waals surface area contributed by atoms with Gasteiger partial charge in [-0.1, -0.05) is 69.1 Å². The molecule has 0 aromatic carbocycles. The highest BCUT2D eigenvalue weighted by molar-refractivity contribution is 5.63. The summed E-state index contributed by atoms with van der Waals surface area (Å²) < 4.78 is 0. The van der Waals surface area contributed by atoms with Crippen molar-refractivity contribution in [3.05, 3.63) is 36.5 Å². The third-order valence-electron chi connectivity index (χ3n) is 3.70. The lowest BCUT2D eigenvalue weighted by molar-refractivity contribution is -0.305. The molecule has 0 aliphatic rings. The van der Waals surface area contributed by atoms with Gasteiger partial charge in [-0.15, -0.1) is 0 Å². The Kier molecular flexibility index (Phi) is 16.9. The SMILES string of the molecule is CC/C=C\C/C=C\CC(/C=C/CCCCCCCCC(=O)[O-])OO. The number of hydrogen-bond donors (Lipinski definition) is 1. The zero-order valence-electron chi connectivity index (χ0n) is 15.0. The van der Waals surface area contributed by atoms with Gasteiger partial charge < -0.3 is 9.90 Å². The lowest BCUT2D eigenvalue weighted by Gasteiger charge is -2.05. The molecule has 1 N–H and O–H groups in total. The van der Waals surface area contributed by atoms with Gasteiger partial charge in [0.2, 0.25) is 0 Å². The van der Waals surface area contributed by atoms with Crippen molar-refractivity contribution in [1.29, 1.82) is 0 Å². The monoisotopic (exact) mass is 337 g/mol. The van der Waals surface area contributed by atoms with E-state index < -0.39 is 5.97 Å². The number of aliphatic carboxylic acids is 1. The average molecular weight is 337 g/mol. The van der Waals surface area contributed by atoms with E-state index in [4.69, 9.17) is 5.26 Å². The molecule has 138 valence electrons. The molecule has 4 nitrogen and oxygen atoms in total. The van der Waals surface area contributed by atoms with Gasteiger partial charge in [0, 0.05) is 5.97 Å². The van der Waals surface area contributed by atoms with E-state index in [1.165, 1.54) is 0 Å². The Morgan fingerprint density at radius 3 is 2.33 bits per heavy atom. The minimum absolute atomic E-state index is 0.175. The Hall–Kier alpha value is -1.39. The van der Waals surface area contributed by atoms with Gasteiger partial charge >= 0.3 is 0 Å². The Bertz CT molecular complexity index is 372. The maximum Gasteiger partial charge on any atom is 0.114 e. The van der Waals surface area contributed by atoms with Crippen molar-refractivity contribution in [2.24, 2.45) is 0 Å². The first kappa shape index (κ1) is 22.6. The molecular formula is C20H33O4-. The number of rotatable bonds is 16. The van der Waals surface area contributed by atoms with Crippen LogP contribution in [0.15, 0.2) is 36.5 Å². The van der Waals surface area contributed by atoms with Crippen molar-refractivity contribution in [1.82, 2.24) is 0 Å². The van der Waals surface area contributed by atoms with Crippen molar-refractivity contribution in [2.75, 3.05) is 0 Å². The van der Waals surface area contributed by atoms with Crippen LogP contribution in [0, 0.1) is 0 Å². The molecule has 0 amide bonds. The molecule has 0 rings (SSSR count). The van der Waals surface area contributed by atoms with Gasteiger partial charge in [0.15, 0.2) is 0 Å². The quantitative estimate of drug-likeness (QED) is 0.194. The summed E-state index contributed by atoms with van der Waals surface area (Å²) in [4.78, 5) is 14.7. The highest BCUT2D eigenvalue weighted by Crippen LogP contribution is 2.09. The predicted molar refractivity (Wildman–Crippen MR) is 96.4 cm³/mol. The van der Waals surface area contributed by atoms with Crippen LogP contribution in [0.2, 0.25) is 0 Å². The van der Waals surface area contributed by atoms with E-state index in [0.29, 0.717) is 6.42 Å². The molecular weight excluding hydrogens is 304 g/mol. The molecule has 1 unspecified atom stereocenters. The lowest BCUT2D eigenvalue weighted by Crippen LogP contribution is -2.21.